The van der Waals surface area contributed by atoms with Gasteiger partial charge in [-0.05, 0) is 49.4 Å². The van der Waals surface area contributed by atoms with E-state index in [-0.39, 0.29) is 11.7 Å². The van der Waals surface area contributed by atoms with E-state index in [0.29, 0.717) is 35.5 Å². The van der Waals surface area contributed by atoms with Crippen molar-refractivity contribution < 1.29 is 9.18 Å². The molecular weight excluding hydrogens is 391 g/mol. The van der Waals surface area contributed by atoms with E-state index in [1.54, 1.807) is 42.5 Å². The number of rotatable bonds is 4. The first kappa shape index (κ1) is 20.3. The average Bonchev–Trinajstić information content (AvgIpc) is 2.94. The Morgan fingerprint density at radius 1 is 1.10 bits per heavy atom. The van der Waals surface area contributed by atoms with E-state index in [1.807, 2.05) is 37.3 Å². The van der Waals surface area contributed by atoms with E-state index in [2.05, 4.69) is 10.6 Å². The summed E-state index contributed by atoms with van der Waals surface area (Å²) in [5, 5.41) is 15.3. The van der Waals surface area contributed by atoms with Gasteiger partial charge in [-0.15, -0.1) is 0 Å². The Balaban J connectivity index is 1.59. The lowest BCUT2D eigenvalue weighted by molar-refractivity contribution is 0.0947. The van der Waals surface area contributed by atoms with Crippen molar-refractivity contribution in [1.82, 2.24) is 5.32 Å². The topological polar surface area (TPSA) is 77.3 Å². The molecule has 2 N–H and O–H groups in total. The lowest BCUT2D eigenvalue weighted by atomic mass is 9.99. The fourth-order valence-corrected chi connectivity index (χ4v) is 3.56. The summed E-state index contributed by atoms with van der Waals surface area (Å²) in [5.41, 5.74) is 3.08. The second kappa shape index (κ2) is 8.41. The number of carbonyl (C=O) groups excluding carboxylic acids is 1. The number of para-hydroxylation sites is 1. The summed E-state index contributed by atoms with van der Waals surface area (Å²) in [6, 6.07) is 22.8. The number of halogens is 1. The van der Waals surface area contributed by atoms with Gasteiger partial charge in [-0.25, -0.2) is 4.39 Å². The Kier molecular flexibility index (Phi) is 5.50. The van der Waals surface area contributed by atoms with Gasteiger partial charge in [0.1, 0.15) is 5.82 Å². The van der Waals surface area contributed by atoms with Gasteiger partial charge < -0.3 is 10.6 Å². The van der Waals surface area contributed by atoms with E-state index in [9.17, 15) is 9.18 Å². The van der Waals surface area contributed by atoms with Crippen LogP contribution in [0.5, 0.6) is 0 Å². The number of benzodiazepines with no additional fused rings is 1. The first-order valence-electron chi connectivity index (χ1n) is 9.94. The maximum absolute atomic E-state index is 14.5. The van der Waals surface area contributed by atoms with Crippen LogP contribution in [0.25, 0.3) is 0 Å². The fourth-order valence-electron chi connectivity index (χ4n) is 3.56. The van der Waals surface area contributed by atoms with E-state index in [4.69, 9.17) is 10.3 Å². The van der Waals surface area contributed by atoms with E-state index >= 15 is 0 Å². The van der Waals surface area contributed by atoms with Crippen LogP contribution in [-0.2, 0) is 0 Å². The number of nitrogens with zero attached hydrogens (tertiary/aromatic N) is 2. The van der Waals surface area contributed by atoms with Crippen molar-refractivity contribution in [3.8, 4) is 6.07 Å². The molecule has 1 heterocycles. The molecule has 1 aliphatic heterocycles. The molecule has 0 saturated heterocycles. The molecule has 1 unspecified atom stereocenters. The molecule has 1 amide bonds. The molecule has 5 nitrogen and oxygen atoms in total. The van der Waals surface area contributed by atoms with Gasteiger partial charge in [0, 0.05) is 28.9 Å². The summed E-state index contributed by atoms with van der Waals surface area (Å²) in [4.78, 5) is 17.3. The van der Waals surface area contributed by atoms with Crippen molar-refractivity contribution in [3.63, 3.8) is 0 Å². The minimum atomic E-state index is -0.578. The van der Waals surface area contributed by atoms with Crippen LogP contribution >= 0.6 is 0 Å². The molecule has 1 aliphatic rings. The summed E-state index contributed by atoms with van der Waals surface area (Å²) in [7, 11) is 0. The summed E-state index contributed by atoms with van der Waals surface area (Å²) >= 11 is 0. The van der Waals surface area contributed by atoms with Gasteiger partial charge in [0.05, 0.1) is 29.4 Å². The van der Waals surface area contributed by atoms with E-state index in [0.717, 1.165) is 11.3 Å². The van der Waals surface area contributed by atoms with E-state index in [1.165, 1.54) is 6.07 Å². The molecule has 3 aromatic carbocycles. The zero-order chi connectivity index (χ0) is 21.8. The summed E-state index contributed by atoms with van der Waals surface area (Å²) < 4.78 is 14.5. The molecular formula is C25H21FN4O. The van der Waals surface area contributed by atoms with Crippen LogP contribution in [0, 0.1) is 17.1 Å². The van der Waals surface area contributed by atoms with Crippen LogP contribution in [0.3, 0.4) is 0 Å². The lowest BCUT2D eigenvalue weighted by Gasteiger charge is -2.30. The third kappa shape index (κ3) is 4.31. The predicted octanol–water partition coefficient (Wildman–Crippen LogP) is 4.15. The number of hydrogen-bond acceptors (Lipinski definition) is 4. The van der Waals surface area contributed by atoms with Gasteiger partial charge in [0.15, 0.2) is 0 Å². The molecule has 1 atom stereocenters. The van der Waals surface area contributed by atoms with Gasteiger partial charge in [-0.3, -0.25) is 9.79 Å². The third-order valence-corrected chi connectivity index (χ3v) is 5.25. The first-order valence-corrected chi connectivity index (χ1v) is 9.94. The molecule has 6 heteroatoms. The number of amides is 1. The molecule has 154 valence electrons. The fraction of sp³-hybridized carbons (Fsp3) is 0.160. The summed E-state index contributed by atoms with van der Waals surface area (Å²) in [6.07, 6.45) is 0. The highest BCUT2D eigenvalue weighted by atomic mass is 19.1. The number of anilines is 1. The molecule has 4 rings (SSSR count). The second-order valence-corrected chi connectivity index (χ2v) is 7.75. The van der Waals surface area contributed by atoms with Crippen molar-refractivity contribution >= 4 is 17.3 Å². The van der Waals surface area contributed by atoms with Crippen molar-refractivity contribution in [2.45, 2.75) is 12.5 Å². The monoisotopic (exact) mass is 412 g/mol. The van der Waals surface area contributed by atoms with Gasteiger partial charge in [0.2, 0.25) is 0 Å². The lowest BCUT2D eigenvalue weighted by Crippen LogP contribution is -2.48. The molecule has 0 radical (unpaired) electrons. The number of carbonyl (C=O) groups is 1. The van der Waals surface area contributed by atoms with Gasteiger partial charge >= 0.3 is 0 Å². The average molecular weight is 412 g/mol. The van der Waals surface area contributed by atoms with E-state index < -0.39 is 5.54 Å². The minimum absolute atomic E-state index is 0.233. The number of benzene rings is 3. The van der Waals surface area contributed by atoms with Gasteiger partial charge in [-0.1, -0.05) is 30.3 Å². The van der Waals surface area contributed by atoms with Crippen LogP contribution in [0.4, 0.5) is 10.1 Å². The molecule has 0 saturated carbocycles. The van der Waals surface area contributed by atoms with Crippen LogP contribution in [0.1, 0.15) is 34.0 Å². The SMILES string of the molecule is CC1(CNC(=O)c2ccc(C#N)cc2)CN=C(c2ccccc2F)c2ccccc2N1. The molecule has 0 fully saturated rings. The number of nitrogens with one attached hydrogen (secondary N) is 2. The standard InChI is InChI=1S/C25H21FN4O/c1-25(16-29-24(31)18-12-10-17(14-27)11-13-18)15-28-23(19-6-2-4-8-21(19)26)20-7-3-5-9-22(20)30-25/h2-13,30H,15-16H2,1H3,(H,29,31). The normalized spacial score (nSPS) is 17.4. The molecule has 31 heavy (non-hydrogen) atoms. The maximum Gasteiger partial charge on any atom is 0.251 e. The Morgan fingerprint density at radius 3 is 2.48 bits per heavy atom. The Labute approximate surface area is 180 Å². The summed E-state index contributed by atoms with van der Waals surface area (Å²) in [6.45, 7) is 2.63. The number of aliphatic imine (C=N–C) groups is 1. The maximum atomic E-state index is 14.5. The van der Waals surface area contributed by atoms with Gasteiger partial charge in [0.25, 0.3) is 5.91 Å². The summed E-state index contributed by atoms with van der Waals surface area (Å²) in [5.74, 6) is -0.558. The first-order chi connectivity index (χ1) is 15.0. The highest BCUT2D eigenvalue weighted by Gasteiger charge is 2.30. The van der Waals surface area contributed by atoms with Crippen molar-refractivity contribution in [1.29, 1.82) is 5.26 Å². The molecule has 3 aromatic rings. The Morgan fingerprint density at radius 2 is 1.77 bits per heavy atom. The molecule has 0 aromatic heterocycles. The van der Waals surface area contributed by atoms with Gasteiger partial charge in [-0.2, -0.15) is 5.26 Å². The second-order valence-electron chi connectivity index (χ2n) is 7.75. The number of fused-ring (bicyclic) bond motifs is 1. The van der Waals surface area contributed by atoms with Crippen LogP contribution in [0.15, 0.2) is 77.8 Å². The molecule has 0 spiro atoms. The van der Waals surface area contributed by atoms with Crippen LogP contribution in [0.2, 0.25) is 0 Å². The van der Waals surface area contributed by atoms with Crippen LogP contribution in [-0.4, -0.2) is 30.2 Å². The third-order valence-electron chi connectivity index (χ3n) is 5.25. The van der Waals surface area contributed by atoms with Crippen molar-refractivity contribution in [2.75, 3.05) is 18.4 Å². The largest absolute Gasteiger partial charge is 0.376 e. The number of hydrogen-bond donors (Lipinski definition) is 2. The van der Waals surface area contributed by atoms with Crippen LogP contribution < -0.4 is 10.6 Å². The van der Waals surface area contributed by atoms with Crippen molar-refractivity contribution in [2.24, 2.45) is 4.99 Å². The highest BCUT2D eigenvalue weighted by molar-refractivity contribution is 6.16. The smallest absolute Gasteiger partial charge is 0.251 e. The predicted molar refractivity (Wildman–Crippen MR) is 119 cm³/mol. The zero-order valence-electron chi connectivity index (χ0n) is 17.0. The molecule has 0 bridgehead atoms. The van der Waals surface area contributed by atoms with Crippen molar-refractivity contribution in [3.05, 3.63) is 101 Å². The Hall–Kier alpha value is -3.98. The quantitative estimate of drug-likeness (QED) is 0.676. The molecule has 0 aliphatic carbocycles. The zero-order valence-corrected chi connectivity index (χ0v) is 17.0. The minimum Gasteiger partial charge on any atom is -0.376 e. The highest BCUT2D eigenvalue weighted by Crippen LogP contribution is 2.28. The Bertz CT molecular complexity index is 1200. The number of nitriles is 1.